The predicted molar refractivity (Wildman–Crippen MR) is 96.4 cm³/mol. The molecule has 0 aliphatic carbocycles. The molecule has 0 aromatic heterocycles. The molecule has 0 bridgehead atoms. The lowest BCUT2D eigenvalue weighted by atomic mass is 10.0. The molecule has 2 fully saturated rings. The molecule has 2 unspecified atom stereocenters. The van der Waals surface area contributed by atoms with Gasteiger partial charge in [-0.3, -0.25) is 9.59 Å². The summed E-state index contributed by atoms with van der Waals surface area (Å²) in [5.74, 6) is -1.96. The average Bonchev–Trinajstić information content (AvgIpc) is 3.04. The van der Waals surface area contributed by atoms with Crippen molar-refractivity contribution in [2.24, 2.45) is 5.92 Å². The highest BCUT2D eigenvalue weighted by Gasteiger charge is 2.36. The number of nitrogens with zero attached hydrogens (tertiary/aromatic N) is 2. The summed E-state index contributed by atoms with van der Waals surface area (Å²) in [5.41, 5.74) is 0.531. The molecule has 1 N–H and O–H groups in total. The van der Waals surface area contributed by atoms with Gasteiger partial charge in [0.15, 0.2) is 0 Å². The number of rotatable bonds is 5. The Bertz CT molecular complexity index is 790. The fourth-order valence-corrected chi connectivity index (χ4v) is 5.52. The van der Waals surface area contributed by atoms with Gasteiger partial charge in [-0.05, 0) is 43.5 Å². The number of carboxylic acid groups (broad SMARTS) is 1. The van der Waals surface area contributed by atoms with E-state index in [1.807, 2.05) is 6.92 Å². The number of piperidine rings is 1. The summed E-state index contributed by atoms with van der Waals surface area (Å²) in [5, 5.41) is 9.08. The normalized spacial score (nSPS) is 24.8. The van der Waals surface area contributed by atoms with E-state index >= 15 is 0 Å². The van der Waals surface area contributed by atoms with Crippen molar-refractivity contribution in [2.45, 2.75) is 50.0 Å². The van der Waals surface area contributed by atoms with Gasteiger partial charge in [0.25, 0.3) is 0 Å². The quantitative estimate of drug-likeness (QED) is 0.844. The van der Waals surface area contributed by atoms with Gasteiger partial charge in [-0.25, -0.2) is 8.42 Å². The van der Waals surface area contributed by atoms with Crippen LogP contribution in [0.15, 0.2) is 29.2 Å². The first-order chi connectivity index (χ1) is 12.3. The summed E-state index contributed by atoms with van der Waals surface area (Å²) >= 11 is 0. The third kappa shape index (κ3) is 3.48. The molecule has 142 valence electrons. The SMILES string of the molecule is CCC1CCCCN1S(=O)(=O)c1ccc(N2CC(C(=O)O)CC2=O)cc1. The molecule has 7 nitrogen and oxygen atoms in total. The molecule has 1 aromatic carbocycles. The molecule has 8 heteroatoms. The second-order valence-corrected chi connectivity index (χ2v) is 8.80. The van der Waals surface area contributed by atoms with Crippen LogP contribution in [0.1, 0.15) is 39.0 Å². The number of amides is 1. The highest BCUT2D eigenvalue weighted by Crippen LogP contribution is 2.30. The third-order valence-corrected chi connectivity index (χ3v) is 7.24. The van der Waals surface area contributed by atoms with Crippen molar-refractivity contribution in [3.05, 3.63) is 24.3 Å². The minimum Gasteiger partial charge on any atom is -0.481 e. The molecule has 2 aliphatic rings. The summed E-state index contributed by atoms with van der Waals surface area (Å²) in [7, 11) is -3.57. The van der Waals surface area contributed by atoms with Gasteiger partial charge in [0.2, 0.25) is 15.9 Å². The van der Waals surface area contributed by atoms with Crippen molar-refractivity contribution in [1.82, 2.24) is 4.31 Å². The van der Waals surface area contributed by atoms with E-state index in [0.29, 0.717) is 12.2 Å². The van der Waals surface area contributed by atoms with E-state index in [-0.39, 0.29) is 29.8 Å². The Hall–Kier alpha value is -1.93. The first-order valence-electron chi connectivity index (χ1n) is 8.99. The zero-order valence-electron chi connectivity index (χ0n) is 14.8. The van der Waals surface area contributed by atoms with Crippen LogP contribution < -0.4 is 4.90 Å². The van der Waals surface area contributed by atoms with Gasteiger partial charge in [0.05, 0.1) is 10.8 Å². The van der Waals surface area contributed by atoms with Crippen LogP contribution in [0.25, 0.3) is 0 Å². The van der Waals surface area contributed by atoms with E-state index in [1.165, 1.54) is 17.0 Å². The number of anilines is 1. The zero-order chi connectivity index (χ0) is 18.9. The van der Waals surface area contributed by atoms with E-state index in [2.05, 4.69) is 0 Å². The Labute approximate surface area is 153 Å². The van der Waals surface area contributed by atoms with E-state index in [0.717, 1.165) is 25.7 Å². The molecule has 0 spiro atoms. The fraction of sp³-hybridized carbons (Fsp3) is 0.556. The average molecular weight is 380 g/mol. The van der Waals surface area contributed by atoms with Crippen LogP contribution in [0.2, 0.25) is 0 Å². The van der Waals surface area contributed by atoms with Crippen molar-refractivity contribution in [1.29, 1.82) is 0 Å². The van der Waals surface area contributed by atoms with Crippen molar-refractivity contribution in [3.63, 3.8) is 0 Å². The van der Waals surface area contributed by atoms with Gasteiger partial charge in [-0.1, -0.05) is 13.3 Å². The Morgan fingerprint density at radius 2 is 1.92 bits per heavy atom. The molecular formula is C18H24N2O5S. The molecule has 2 atom stereocenters. The lowest BCUT2D eigenvalue weighted by Gasteiger charge is -2.34. The molecule has 2 aliphatic heterocycles. The van der Waals surface area contributed by atoms with Gasteiger partial charge in [-0.15, -0.1) is 0 Å². The molecule has 2 saturated heterocycles. The standard InChI is InChI=1S/C18H24N2O5S/c1-2-14-5-3-4-10-20(14)26(24,25)16-8-6-15(7-9-16)19-12-13(18(22)23)11-17(19)21/h6-9,13-14H,2-5,10-12H2,1H3,(H,22,23). The van der Waals surface area contributed by atoms with E-state index < -0.39 is 21.9 Å². The molecule has 26 heavy (non-hydrogen) atoms. The summed E-state index contributed by atoms with van der Waals surface area (Å²) < 4.78 is 27.5. The van der Waals surface area contributed by atoms with Crippen LogP contribution >= 0.6 is 0 Å². The van der Waals surface area contributed by atoms with Crippen molar-refractivity contribution < 1.29 is 23.1 Å². The van der Waals surface area contributed by atoms with Gasteiger partial charge in [0, 0.05) is 31.2 Å². The first kappa shape index (κ1) is 18.8. The van der Waals surface area contributed by atoms with Crippen LogP contribution in [-0.4, -0.2) is 48.8 Å². The van der Waals surface area contributed by atoms with Crippen LogP contribution in [0, 0.1) is 5.92 Å². The summed E-state index contributed by atoms with van der Waals surface area (Å²) in [6.45, 7) is 2.65. The molecule has 0 saturated carbocycles. The molecule has 3 rings (SSSR count). The summed E-state index contributed by atoms with van der Waals surface area (Å²) in [4.78, 5) is 24.7. The van der Waals surface area contributed by atoms with Gasteiger partial charge in [0.1, 0.15) is 0 Å². The van der Waals surface area contributed by atoms with E-state index in [4.69, 9.17) is 5.11 Å². The first-order valence-corrected chi connectivity index (χ1v) is 10.4. The van der Waals surface area contributed by atoms with Crippen LogP contribution in [-0.2, 0) is 19.6 Å². The molecule has 0 radical (unpaired) electrons. The monoisotopic (exact) mass is 380 g/mol. The minimum absolute atomic E-state index is 0.0264. The Morgan fingerprint density at radius 3 is 2.50 bits per heavy atom. The number of benzene rings is 1. The molecule has 1 amide bonds. The number of carboxylic acids is 1. The fourth-order valence-electron chi connectivity index (χ4n) is 3.75. The number of hydrogen-bond donors (Lipinski definition) is 1. The van der Waals surface area contributed by atoms with Gasteiger partial charge >= 0.3 is 5.97 Å². The zero-order valence-corrected chi connectivity index (χ0v) is 15.6. The largest absolute Gasteiger partial charge is 0.481 e. The van der Waals surface area contributed by atoms with Crippen LogP contribution in [0.4, 0.5) is 5.69 Å². The number of hydrogen-bond acceptors (Lipinski definition) is 4. The minimum atomic E-state index is -3.57. The lowest BCUT2D eigenvalue weighted by molar-refractivity contribution is -0.141. The topological polar surface area (TPSA) is 95.0 Å². The third-order valence-electron chi connectivity index (χ3n) is 5.27. The highest BCUT2D eigenvalue weighted by atomic mass is 32.2. The smallest absolute Gasteiger partial charge is 0.308 e. The van der Waals surface area contributed by atoms with E-state index in [9.17, 15) is 18.0 Å². The number of carbonyl (C=O) groups is 2. The molecule has 2 heterocycles. The molecular weight excluding hydrogens is 356 g/mol. The maximum Gasteiger partial charge on any atom is 0.308 e. The number of aliphatic carboxylic acids is 1. The number of carbonyl (C=O) groups excluding carboxylic acids is 1. The van der Waals surface area contributed by atoms with Crippen molar-refractivity contribution in [2.75, 3.05) is 18.0 Å². The maximum atomic E-state index is 13.0. The van der Waals surface area contributed by atoms with Gasteiger partial charge < -0.3 is 10.0 Å². The lowest BCUT2D eigenvalue weighted by Crippen LogP contribution is -2.43. The van der Waals surface area contributed by atoms with Gasteiger partial charge in [-0.2, -0.15) is 4.31 Å². The van der Waals surface area contributed by atoms with Crippen molar-refractivity contribution in [3.8, 4) is 0 Å². The Morgan fingerprint density at radius 1 is 1.23 bits per heavy atom. The van der Waals surface area contributed by atoms with Crippen molar-refractivity contribution >= 4 is 27.6 Å². The van der Waals surface area contributed by atoms with Crippen LogP contribution in [0.3, 0.4) is 0 Å². The van der Waals surface area contributed by atoms with Crippen LogP contribution in [0.5, 0.6) is 0 Å². The predicted octanol–water partition coefficient (Wildman–Crippen LogP) is 2.08. The Balaban J connectivity index is 1.81. The maximum absolute atomic E-state index is 13.0. The Kier molecular flexibility index (Phi) is 5.34. The van der Waals surface area contributed by atoms with E-state index in [1.54, 1.807) is 16.4 Å². The summed E-state index contributed by atoms with van der Waals surface area (Å²) in [6, 6.07) is 6.21. The molecule has 1 aromatic rings. The second kappa shape index (κ2) is 7.36. The highest BCUT2D eigenvalue weighted by molar-refractivity contribution is 7.89. The number of sulfonamides is 1. The second-order valence-electron chi connectivity index (χ2n) is 6.91. The summed E-state index contributed by atoms with van der Waals surface area (Å²) in [6.07, 6.45) is 3.56.